The first-order valence-corrected chi connectivity index (χ1v) is 6.00. The van der Waals surface area contributed by atoms with E-state index in [-0.39, 0.29) is 0 Å². The molecule has 0 aromatic carbocycles. The maximum Gasteiger partial charge on any atom is 0.149 e. The van der Waals surface area contributed by atoms with Crippen LogP contribution in [0, 0.1) is 6.92 Å². The lowest BCUT2D eigenvalue weighted by Crippen LogP contribution is -1.99. The Morgan fingerprint density at radius 2 is 2.12 bits per heavy atom. The number of nitrogens with zero attached hydrogens (tertiary/aromatic N) is 2. The average molecular weight is 215 g/mol. The van der Waals surface area contributed by atoms with Gasteiger partial charge in [0, 0.05) is 12.1 Å². The smallest absolute Gasteiger partial charge is 0.149 e. The number of anilines is 1. The third kappa shape index (κ3) is 1.39. The molecule has 2 aromatic heterocycles. The minimum absolute atomic E-state index is 0.604. The van der Waals surface area contributed by atoms with E-state index in [2.05, 4.69) is 34.6 Å². The number of pyridine rings is 1. The van der Waals surface area contributed by atoms with Gasteiger partial charge in [-0.15, -0.1) is 0 Å². The van der Waals surface area contributed by atoms with E-state index in [1.807, 2.05) is 0 Å². The molecule has 0 atom stereocenters. The van der Waals surface area contributed by atoms with Gasteiger partial charge in [-0.3, -0.25) is 0 Å². The Kier molecular flexibility index (Phi) is 2.13. The van der Waals surface area contributed by atoms with E-state index >= 15 is 0 Å². The fraction of sp³-hybridized carbons (Fsp3) is 0.462. The molecule has 1 fully saturated rings. The van der Waals surface area contributed by atoms with Crippen LogP contribution in [0.1, 0.15) is 43.0 Å². The second kappa shape index (κ2) is 3.51. The molecule has 2 heterocycles. The number of imidazole rings is 1. The van der Waals surface area contributed by atoms with Crippen molar-refractivity contribution in [3.05, 3.63) is 29.7 Å². The van der Waals surface area contributed by atoms with Gasteiger partial charge < -0.3 is 10.1 Å². The van der Waals surface area contributed by atoms with Gasteiger partial charge >= 0.3 is 0 Å². The number of aryl methyl sites for hydroxylation is 1. The first-order chi connectivity index (χ1) is 7.75. The number of hydrogen-bond donors (Lipinski definition) is 1. The molecule has 0 bridgehead atoms. The van der Waals surface area contributed by atoms with Crippen LogP contribution in [-0.2, 0) is 0 Å². The lowest BCUT2D eigenvalue weighted by molar-refractivity contribution is 0.665. The molecular formula is C13H17N3. The van der Waals surface area contributed by atoms with Crippen LogP contribution in [0.25, 0.3) is 5.52 Å². The first-order valence-electron chi connectivity index (χ1n) is 6.00. The summed E-state index contributed by atoms with van der Waals surface area (Å²) in [4.78, 5) is 4.55. The zero-order chi connectivity index (χ0) is 11.1. The van der Waals surface area contributed by atoms with Crippen LogP contribution < -0.4 is 5.73 Å². The average Bonchev–Trinajstić information content (AvgIpc) is 2.87. The maximum absolute atomic E-state index is 5.98. The minimum atomic E-state index is 0.604. The molecule has 3 rings (SSSR count). The highest BCUT2D eigenvalue weighted by Gasteiger charge is 2.22. The summed E-state index contributed by atoms with van der Waals surface area (Å²) in [6.07, 6.45) is 7.26. The van der Waals surface area contributed by atoms with E-state index in [1.165, 1.54) is 31.2 Å². The standard InChI is InChI=1S/C13H17N3/c1-9-6-7-16-11(8-9)12(14)15-13(16)10-4-2-3-5-10/h6-8,10H,2-5,14H2,1H3. The summed E-state index contributed by atoms with van der Waals surface area (Å²) in [5.74, 6) is 2.43. The van der Waals surface area contributed by atoms with E-state index in [9.17, 15) is 0 Å². The zero-order valence-electron chi connectivity index (χ0n) is 9.61. The summed E-state index contributed by atoms with van der Waals surface area (Å²) in [5.41, 5.74) is 8.27. The molecule has 1 aliphatic carbocycles. The molecule has 2 aromatic rings. The number of rotatable bonds is 1. The molecule has 0 amide bonds. The van der Waals surface area contributed by atoms with E-state index in [4.69, 9.17) is 5.73 Å². The summed E-state index contributed by atoms with van der Waals surface area (Å²) in [7, 11) is 0. The van der Waals surface area contributed by atoms with Gasteiger partial charge in [-0.25, -0.2) is 4.98 Å². The molecular weight excluding hydrogens is 198 g/mol. The first kappa shape index (κ1) is 9.70. The van der Waals surface area contributed by atoms with Crippen molar-refractivity contribution in [1.29, 1.82) is 0 Å². The third-order valence-corrected chi connectivity index (χ3v) is 3.57. The highest BCUT2D eigenvalue weighted by Crippen LogP contribution is 2.34. The molecule has 1 aliphatic rings. The van der Waals surface area contributed by atoms with Gasteiger partial charge in [-0.1, -0.05) is 12.8 Å². The predicted molar refractivity (Wildman–Crippen MR) is 65.6 cm³/mol. The fourth-order valence-corrected chi connectivity index (χ4v) is 2.71. The Balaban J connectivity index is 2.18. The Morgan fingerprint density at radius 3 is 2.88 bits per heavy atom. The molecule has 2 N–H and O–H groups in total. The molecule has 84 valence electrons. The number of aromatic nitrogens is 2. The van der Waals surface area contributed by atoms with Crippen molar-refractivity contribution in [1.82, 2.24) is 9.38 Å². The zero-order valence-corrected chi connectivity index (χ0v) is 9.61. The van der Waals surface area contributed by atoms with Crippen LogP contribution in [0.2, 0.25) is 0 Å². The van der Waals surface area contributed by atoms with E-state index in [1.54, 1.807) is 0 Å². The quantitative estimate of drug-likeness (QED) is 0.794. The molecule has 1 saturated carbocycles. The molecule has 3 heteroatoms. The normalized spacial score (nSPS) is 17.3. The Hall–Kier alpha value is -1.51. The molecule has 0 unspecified atom stereocenters. The number of nitrogens with two attached hydrogens (primary N) is 1. The van der Waals surface area contributed by atoms with E-state index in [0.29, 0.717) is 11.7 Å². The van der Waals surface area contributed by atoms with Crippen molar-refractivity contribution in [2.24, 2.45) is 0 Å². The predicted octanol–water partition coefficient (Wildman–Crippen LogP) is 2.88. The lowest BCUT2D eigenvalue weighted by atomic mass is 10.1. The lowest BCUT2D eigenvalue weighted by Gasteiger charge is -2.07. The molecule has 0 radical (unpaired) electrons. The van der Waals surface area contributed by atoms with Crippen LogP contribution in [0.4, 0.5) is 5.82 Å². The van der Waals surface area contributed by atoms with Gasteiger partial charge in [0.25, 0.3) is 0 Å². The molecule has 0 saturated heterocycles. The van der Waals surface area contributed by atoms with Crippen molar-refractivity contribution >= 4 is 11.3 Å². The highest BCUT2D eigenvalue weighted by atomic mass is 15.1. The Bertz CT molecular complexity index is 521. The topological polar surface area (TPSA) is 43.3 Å². The minimum Gasteiger partial charge on any atom is -0.382 e. The van der Waals surface area contributed by atoms with Gasteiger partial charge in [0.1, 0.15) is 11.6 Å². The number of hydrogen-bond acceptors (Lipinski definition) is 2. The van der Waals surface area contributed by atoms with Crippen LogP contribution in [0.3, 0.4) is 0 Å². The van der Waals surface area contributed by atoms with Crippen molar-refractivity contribution in [2.75, 3.05) is 5.73 Å². The van der Waals surface area contributed by atoms with Crippen molar-refractivity contribution in [2.45, 2.75) is 38.5 Å². The molecule has 16 heavy (non-hydrogen) atoms. The second-order valence-corrected chi connectivity index (χ2v) is 4.80. The van der Waals surface area contributed by atoms with Gasteiger partial charge in [-0.05, 0) is 37.5 Å². The van der Waals surface area contributed by atoms with Crippen molar-refractivity contribution in [3.63, 3.8) is 0 Å². The number of fused-ring (bicyclic) bond motifs is 1. The van der Waals surface area contributed by atoms with Gasteiger partial charge in [0.05, 0.1) is 5.52 Å². The van der Waals surface area contributed by atoms with Crippen LogP contribution >= 0.6 is 0 Å². The monoisotopic (exact) mass is 215 g/mol. The summed E-state index contributed by atoms with van der Waals surface area (Å²) < 4.78 is 2.16. The van der Waals surface area contributed by atoms with Crippen LogP contribution in [0.5, 0.6) is 0 Å². The van der Waals surface area contributed by atoms with Gasteiger partial charge in [0.15, 0.2) is 0 Å². The van der Waals surface area contributed by atoms with E-state index in [0.717, 1.165) is 11.3 Å². The molecule has 3 nitrogen and oxygen atoms in total. The van der Waals surface area contributed by atoms with Gasteiger partial charge in [0.2, 0.25) is 0 Å². The van der Waals surface area contributed by atoms with Crippen LogP contribution in [-0.4, -0.2) is 9.38 Å². The highest BCUT2D eigenvalue weighted by molar-refractivity contribution is 5.67. The summed E-state index contributed by atoms with van der Waals surface area (Å²) >= 11 is 0. The molecule has 0 aliphatic heterocycles. The summed E-state index contributed by atoms with van der Waals surface area (Å²) in [6, 6.07) is 4.23. The van der Waals surface area contributed by atoms with Crippen LogP contribution in [0.15, 0.2) is 18.3 Å². The Morgan fingerprint density at radius 1 is 1.38 bits per heavy atom. The van der Waals surface area contributed by atoms with E-state index < -0.39 is 0 Å². The molecule has 0 spiro atoms. The summed E-state index contributed by atoms with van der Waals surface area (Å²) in [5, 5.41) is 0. The maximum atomic E-state index is 5.98. The van der Waals surface area contributed by atoms with Gasteiger partial charge in [-0.2, -0.15) is 0 Å². The fourth-order valence-electron chi connectivity index (χ4n) is 2.71. The largest absolute Gasteiger partial charge is 0.382 e. The van der Waals surface area contributed by atoms with Crippen molar-refractivity contribution < 1.29 is 0 Å². The SMILES string of the molecule is Cc1ccn2c(C3CCCC3)nc(N)c2c1. The van der Waals surface area contributed by atoms with Crippen molar-refractivity contribution in [3.8, 4) is 0 Å². The third-order valence-electron chi connectivity index (χ3n) is 3.57. The Labute approximate surface area is 95.3 Å². The summed E-state index contributed by atoms with van der Waals surface area (Å²) in [6.45, 7) is 2.09. The number of nitrogen functional groups attached to an aromatic ring is 1. The second-order valence-electron chi connectivity index (χ2n) is 4.80.